The average Bonchev–Trinajstić information content (AvgIpc) is 2.67. The minimum absolute atomic E-state index is 0.0225. The minimum atomic E-state index is -4.47. The van der Waals surface area contributed by atoms with Crippen LogP contribution in [0, 0.1) is 0 Å². The van der Waals surface area contributed by atoms with Gasteiger partial charge in [-0.05, 0) is 61.6 Å². The van der Waals surface area contributed by atoms with Gasteiger partial charge in [-0.25, -0.2) is 0 Å². The first kappa shape index (κ1) is 25.6. The van der Waals surface area contributed by atoms with Gasteiger partial charge in [0.15, 0.2) is 0 Å². The Kier molecular flexibility index (Phi) is 8.55. The quantitative estimate of drug-likeness (QED) is 0.365. The molecule has 0 spiro atoms. The predicted octanol–water partition coefficient (Wildman–Crippen LogP) is 4.73. The van der Waals surface area contributed by atoms with Crippen molar-refractivity contribution in [2.75, 3.05) is 12.8 Å². The van der Waals surface area contributed by atoms with E-state index in [1.165, 1.54) is 18.2 Å². The van der Waals surface area contributed by atoms with Gasteiger partial charge in [0.1, 0.15) is 11.5 Å². The molecule has 0 saturated heterocycles. The van der Waals surface area contributed by atoms with Crippen molar-refractivity contribution in [3.63, 3.8) is 0 Å². The highest BCUT2D eigenvalue weighted by Gasteiger charge is 2.30. The summed E-state index contributed by atoms with van der Waals surface area (Å²) in [5, 5.41) is 9.84. The van der Waals surface area contributed by atoms with Crippen molar-refractivity contribution in [3.05, 3.63) is 58.6 Å². The number of benzene rings is 2. The first-order chi connectivity index (χ1) is 14.3. The van der Waals surface area contributed by atoms with Gasteiger partial charge in [-0.3, -0.25) is 4.57 Å². The molecular weight excluding hydrogens is 458 g/mol. The summed E-state index contributed by atoms with van der Waals surface area (Å²) < 4.78 is 55.0. The minimum Gasteiger partial charge on any atom is -0.457 e. The fraction of sp³-hybridized carbons (Fsp3) is 0.400. The van der Waals surface area contributed by atoms with E-state index in [1.807, 2.05) is 0 Å². The lowest BCUT2D eigenvalue weighted by molar-refractivity contribution is -0.137. The van der Waals surface area contributed by atoms with Crippen molar-refractivity contribution >= 4 is 19.2 Å². The SMILES string of the molecule is NC(CO)(CCCc1ccc(Oc2cccc(C(F)(F)F)c2)cc1Cl)CCP(=O)(O)O. The van der Waals surface area contributed by atoms with Crippen LogP contribution in [0.2, 0.25) is 5.02 Å². The summed E-state index contributed by atoms with van der Waals surface area (Å²) in [4.78, 5) is 18.0. The summed E-state index contributed by atoms with van der Waals surface area (Å²) in [7, 11) is -4.21. The second-order valence-corrected chi connectivity index (χ2v) is 9.58. The molecule has 0 aliphatic carbocycles. The molecule has 0 aromatic heterocycles. The van der Waals surface area contributed by atoms with Crippen molar-refractivity contribution < 1.29 is 37.4 Å². The standard InChI is InChI=1S/C20H24ClF3NO5P/c21-18-12-17(30-16-5-1-4-15(11-16)20(22,23)24)7-6-14(18)3-2-8-19(25,13-26)9-10-31(27,28)29/h1,4-7,11-12,26H,2-3,8-10,13,25H2,(H2,27,28,29). The normalized spacial score (nSPS) is 14.3. The van der Waals surface area contributed by atoms with E-state index in [0.717, 1.165) is 17.7 Å². The lowest BCUT2D eigenvalue weighted by atomic mass is 9.91. The molecule has 6 nitrogen and oxygen atoms in total. The molecule has 0 fully saturated rings. The molecule has 0 aliphatic rings. The number of hydrogen-bond acceptors (Lipinski definition) is 4. The molecule has 0 bridgehead atoms. The number of aliphatic hydroxyl groups is 1. The van der Waals surface area contributed by atoms with Gasteiger partial charge in [-0.2, -0.15) is 13.2 Å². The zero-order chi connectivity index (χ0) is 23.3. The van der Waals surface area contributed by atoms with Crippen molar-refractivity contribution in [2.45, 2.75) is 37.4 Å². The Morgan fingerprint density at radius 3 is 2.32 bits per heavy atom. The third kappa shape index (κ3) is 8.44. The van der Waals surface area contributed by atoms with E-state index in [0.29, 0.717) is 24.3 Å². The number of alkyl halides is 3. The van der Waals surface area contributed by atoms with E-state index in [4.69, 9.17) is 31.9 Å². The van der Waals surface area contributed by atoms with E-state index in [2.05, 4.69) is 0 Å². The number of aliphatic hydroxyl groups excluding tert-OH is 1. The Hall–Kier alpha value is -1.61. The summed E-state index contributed by atoms with van der Waals surface area (Å²) in [6, 6.07) is 9.26. The molecule has 0 amide bonds. The smallest absolute Gasteiger partial charge is 0.416 e. The number of ether oxygens (including phenoxy) is 1. The van der Waals surface area contributed by atoms with Crippen LogP contribution in [0.4, 0.5) is 13.2 Å². The van der Waals surface area contributed by atoms with Gasteiger partial charge in [0, 0.05) is 10.6 Å². The molecule has 0 heterocycles. The van der Waals surface area contributed by atoms with Gasteiger partial charge in [-0.1, -0.05) is 23.7 Å². The highest BCUT2D eigenvalue weighted by Crippen LogP contribution is 2.37. The van der Waals surface area contributed by atoms with Crippen molar-refractivity contribution in [3.8, 4) is 11.5 Å². The molecule has 0 saturated carbocycles. The number of nitrogens with two attached hydrogens (primary N) is 1. The summed E-state index contributed by atoms with van der Waals surface area (Å²) in [6.07, 6.45) is -3.60. The number of hydrogen-bond donors (Lipinski definition) is 4. The summed E-state index contributed by atoms with van der Waals surface area (Å²) in [5.74, 6) is 0.304. The third-order valence-electron chi connectivity index (χ3n) is 4.76. The number of halogens is 4. The van der Waals surface area contributed by atoms with Crippen LogP contribution >= 0.6 is 19.2 Å². The Labute approximate surface area is 183 Å². The maximum absolute atomic E-state index is 12.8. The lowest BCUT2D eigenvalue weighted by Crippen LogP contribution is -2.44. The van der Waals surface area contributed by atoms with Gasteiger partial charge >= 0.3 is 13.8 Å². The fourth-order valence-electron chi connectivity index (χ4n) is 2.95. The maximum Gasteiger partial charge on any atom is 0.416 e. The Morgan fingerprint density at radius 1 is 1.06 bits per heavy atom. The zero-order valence-corrected chi connectivity index (χ0v) is 18.1. The molecule has 172 valence electrons. The van der Waals surface area contributed by atoms with Crippen molar-refractivity contribution in [2.24, 2.45) is 5.73 Å². The maximum atomic E-state index is 12.8. The van der Waals surface area contributed by atoms with Crippen LogP contribution in [0.1, 0.15) is 30.4 Å². The van der Waals surface area contributed by atoms with Crippen molar-refractivity contribution in [1.82, 2.24) is 0 Å². The van der Waals surface area contributed by atoms with Crippen LogP contribution in [0.15, 0.2) is 42.5 Å². The lowest BCUT2D eigenvalue weighted by Gasteiger charge is -2.27. The molecule has 1 atom stereocenters. The van der Waals surface area contributed by atoms with E-state index < -0.39 is 37.6 Å². The molecule has 0 aliphatic heterocycles. The third-order valence-corrected chi connectivity index (χ3v) is 5.92. The fourth-order valence-corrected chi connectivity index (χ4v) is 3.95. The topological polar surface area (TPSA) is 113 Å². The number of rotatable bonds is 10. The molecule has 5 N–H and O–H groups in total. The molecular formula is C20H24ClF3NO5P. The summed E-state index contributed by atoms with van der Waals surface area (Å²) in [6.45, 7) is -0.412. The highest BCUT2D eigenvalue weighted by molar-refractivity contribution is 7.51. The van der Waals surface area contributed by atoms with Crippen LogP contribution in [0.3, 0.4) is 0 Å². The zero-order valence-electron chi connectivity index (χ0n) is 16.5. The highest BCUT2D eigenvalue weighted by atomic mass is 35.5. The van der Waals surface area contributed by atoms with Crippen LogP contribution < -0.4 is 10.5 Å². The van der Waals surface area contributed by atoms with Crippen molar-refractivity contribution in [1.29, 1.82) is 0 Å². The Bertz CT molecular complexity index is 937. The molecule has 11 heteroatoms. The van der Waals surface area contributed by atoms with Crippen LogP contribution in [-0.2, 0) is 17.2 Å². The first-order valence-electron chi connectivity index (χ1n) is 9.39. The molecule has 31 heavy (non-hydrogen) atoms. The molecule has 2 rings (SSSR count). The van der Waals surface area contributed by atoms with E-state index in [9.17, 15) is 22.8 Å². The summed E-state index contributed by atoms with van der Waals surface area (Å²) in [5.41, 5.74) is 4.85. The predicted molar refractivity (Wildman–Crippen MR) is 111 cm³/mol. The van der Waals surface area contributed by atoms with E-state index in [1.54, 1.807) is 12.1 Å². The van der Waals surface area contributed by atoms with Gasteiger partial charge in [-0.15, -0.1) is 0 Å². The van der Waals surface area contributed by atoms with E-state index in [-0.39, 0.29) is 17.9 Å². The van der Waals surface area contributed by atoms with E-state index >= 15 is 0 Å². The second-order valence-electron chi connectivity index (χ2n) is 7.39. The van der Waals surface area contributed by atoms with Gasteiger partial charge < -0.3 is 25.4 Å². The molecule has 2 aromatic rings. The van der Waals surface area contributed by atoms with Gasteiger partial charge in [0.25, 0.3) is 0 Å². The van der Waals surface area contributed by atoms with Crippen LogP contribution in [0.25, 0.3) is 0 Å². The molecule has 0 radical (unpaired) electrons. The second kappa shape index (κ2) is 10.3. The van der Waals surface area contributed by atoms with Gasteiger partial charge in [0.05, 0.1) is 18.3 Å². The van der Waals surface area contributed by atoms with Crippen LogP contribution in [0.5, 0.6) is 11.5 Å². The Morgan fingerprint density at radius 2 is 1.74 bits per heavy atom. The molecule has 2 aromatic carbocycles. The first-order valence-corrected chi connectivity index (χ1v) is 11.6. The average molecular weight is 482 g/mol. The van der Waals surface area contributed by atoms with Crippen LogP contribution in [-0.4, -0.2) is 33.2 Å². The largest absolute Gasteiger partial charge is 0.457 e. The molecule has 1 unspecified atom stereocenters. The monoisotopic (exact) mass is 481 g/mol. The number of aryl methyl sites for hydroxylation is 1. The van der Waals surface area contributed by atoms with Gasteiger partial charge in [0.2, 0.25) is 0 Å². The Balaban J connectivity index is 1.98. The summed E-state index contributed by atoms with van der Waals surface area (Å²) >= 11 is 6.26.